The van der Waals surface area contributed by atoms with E-state index in [1.807, 2.05) is 19.1 Å². The molecule has 3 nitrogen and oxygen atoms in total. The summed E-state index contributed by atoms with van der Waals surface area (Å²) < 4.78 is 10.9. The molecule has 21 heavy (non-hydrogen) atoms. The minimum absolute atomic E-state index is 0.100. The number of hydrogen-bond donors (Lipinski definition) is 1. The molecule has 0 spiro atoms. The van der Waals surface area contributed by atoms with Gasteiger partial charge in [-0.2, -0.15) is 0 Å². The third kappa shape index (κ3) is 5.98. The van der Waals surface area contributed by atoms with E-state index in [4.69, 9.17) is 21.1 Å². The van der Waals surface area contributed by atoms with Gasteiger partial charge in [0.25, 0.3) is 0 Å². The van der Waals surface area contributed by atoms with Crippen LogP contribution in [0.5, 0.6) is 11.5 Å². The molecule has 0 aliphatic heterocycles. The maximum Gasteiger partial charge on any atom is 0.179 e. The van der Waals surface area contributed by atoms with Crippen LogP contribution in [0.3, 0.4) is 0 Å². The molecule has 0 radical (unpaired) electrons. The van der Waals surface area contributed by atoms with Gasteiger partial charge >= 0.3 is 0 Å². The number of methoxy groups -OCH3 is 1. The van der Waals surface area contributed by atoms with Crippen LogP contribution in [0.25, 0.3) is 6.08 Å². The number of rotatable bonds is 6. The molecule has 0 atom stereocenters. The van der Waals surface area contributed by atoms with Gasteiger partial charge in [-0.05, 0) is 52.3 Å². The Bertz CT molecular complexity index is 504. The summed E-state index contributed by atoms with van der Waals surface area (Å²) in [5, 5.41) is 4.02. The summed E-state index contributed by atoms with van der Waals surface area (Å²) >= 11 is 6.25. The first kappa shape index (κ1) is 17.9. The van der Waals surface area contributed by atoms with E-state index in [-0.39, 0.29) is 5.54 Å². The van der Waals surface area contributed by atoms with Crippen molar-refractivity contribution in [3.8, 4) is 11.5 Å². The third-order valence-corrected chi connectivity index (χ3v) is 3.13. The molecule has 0 saturated heterocycles. The normalized spacial score (nSPS) is 12.4. The smallest absolute Gasteiger partial charge is 0.179 e. The van der Waals surface area contributed by atoms with Crippen molar-refractivity contribution in [2.24, 2.45) is 0 Å². The number of hydrogen-bond acceptors (Lipinski definition) is 3. The van der Waals surface area contributed by atoms with Crippen LogP contribution in [-0.2, 0) is 0 Å². The standard InChI is InChI=1S/C17H26ClNO2/c1-7-21-15-10-13(9-14(18)16(15)20-6)8-12(2)11-19-17(3,4)5/h8-10,19H,7,11H2,1-6H3. The summed E-state index contributed by atoms with van der Waals surface area (Å²) in [5.41, 5.74) is 2.34. The topological polar surface area (TPSA) is 30.5 Å². The molecule has 118 valence electrons. The molecule has 0 amide bonds. The van der Waals surface area contributed by atoms with Crippen LogP contribution >= 0.6 is 11.6 Å². The van der Waals surface area contributed by atoms with E-state index in [2.05, 4.69) is 39.1 Å². The quantitative estimate of drug-likeness (QED) is 0.836. The molecule has 0 heterocycles. The molecule has 0 unspecified atom stereocenters. The van der Waals surface area contributed by atoms with Gasteiger partial charge < -0.3 is 14.8 Å². The second kappa shape index (κ2) is 7.71. The summed E-state index contributed by atoms with van der Waals surface area (Å²) in [4.78, 5) is 0. The van der Waals surface area contributed by atoms with Gasteiger partial charge in [0.2, 0.25) is 0 Å². The molecule has 1 aromatic rings. The fraction of sp³-hybridized carbons (Fsp3) is 0.529. The van der Waals surface area contributed by atoms with Gasteiger partial charge in [0.15, 0.2) is 11.5 Å². The molecular weight excluding hydrogens is 286 g/mol. The first-order chi connectivity index (χ1) is 9.76. The fourth-order valence-corrected chi connectivity index (χ4v) is 2.17. The Hall–Kier alpha value is -1.19. The lowest BCUT2D eigenvalue weighted by Gasteiger charge is -2.20. The Balaban J connectivity index is 2.97. The molecular formula is C17H26ClNO2. The Morgan fingerprint density at radius 1 is 1.33 bits per heavy atom. The van der Waals surface area contributed by atoms with Gasteiger partial charge in [-0.3, -0.25) is 0 Å². The average molecular weight is 312 g/mol. The summed E-state index contributed by atoms with van der Waals surface area (Å²) in [6.07, 6.45) is 2.10. The molecule has 1 aromatic carbocycles. The van der Waals surface area contributed by atoms with Crippen LogP contribution in [0.4, 0.5) is 0 Å². The fourth-order valence-electron chi connectivity index (χ4n) is 1.87. The largest absolute Gasteiger partial charge is 0.491 e. The predicted molar refractivity (Wildman–Crippen MR) is 90.6 cm³/mol. The predicted octanol–water partition coefficient (Wildman–Crippen LogP) is 4.54. The lowest BCUT2D eigenvalue weighted by Crippen LogP contribution is -2.36. The van der Waals surface area contributed by atoms with Crippen LogP contribution < -0.4 is 14.8 Å². The van der Waals surface area contributed by atoms with Gasteiger partial charge in [-0.25, -0.2) is 0 Å². The third-order valence-electron chi connectivity index (χ3n) is 2.85. The SMILES string of the molecule is CCOc1cc(C=C(C)CNC(C)(C)C)cc(Cl)c1OC. The highest BCUT2D eigenvalue weighted by Crippen LogP contribution is 2.36. The highest BCUT2D eigenvalue weighted by atomic mass is 35.5. The lowest BCUT2D eigenvalue weighted by molar-refractivity contribution is 0.311. The van der Waals surface area contributed by atoms with Crippen molar-refractivity contribution in [2.75, 3.05) is 20.3 Å². The highest BCUT2D eigenvalue weighted by Gasteiger charge is 2.11. The van der Waals surface area contributed by atoms with Crippen LogP contribution in [0.1, 0.15) is 40.2 Å². The number of nitrogens with one attached hydrogen (secondary N) is 1. The van der Waals surface area contributed by atoms with Crippen LogP contribution in [-0.4, -0.2) is 25.8 Å². The summed E-state index contributed by atoms with van der Waals surface area (Å²) in [5.74, 6) is 1.26. The van der Waals surface area contributed by atoms with Crippen LogP contribution in [0.2, 0.25) is 5.02 Å². The number of halogens is 1. The Labute approximate surface area is 133 Å². The maximum absolute atomic E-state index is 6.25. The van der Waals surface area contributed by atoms with Crippen molar-refractivity contribution < 1.29 is 9.47 Å². The molecule has 0 aromatic heterocycles. The Morgan fingerprint density at radius 3 is 2.52 bits per heavy atom. The number of benzene rings is 1. The van der Waals surface area contributed by atoms with Crippen molar-refractivity contribution in [3.63, 3.8) is 0 Å². The van der Waals surface area contributed by atoms with Crippen molar-refractivity contribution >= 4 is 17.7 Å². The van der Waals surface area contributed by atoms with E-state index >= 15 is 0 Å². The zero-order chi connectivity index (χ0) is 16.0. The summed E-state index contributed by atoms with van der Waals surface area (Å²) in [7, 11) is 1.59. The second-order valence-corrected chi connectivity index (χ2v) is 6.47. The van der Waals surface area contributed by atoms with Crippen LogP contribution in [0, 0.1) is 0 Å². The van der Waals surface area contributed by atoms with E-state index in [9.17, 15) is 0 Å². The first-order valence-electron chi connectivity index (χ1n) is 7.19. The second-order valence-electron chi connectivity index (χ2n) is 6.06. The van der Waals surface area contributed by atoms with Gasteiger partial charge in [-0.1, -0.05) is 23.3 Å². The molecule has 0 aliphatic rings. The summed E-state index contributed by atoms with van der Waals surface area (Å²) in [6, 6.07) is 3.85. The van der Waals surface area contributed by atoms with Gasteiger partial charge in [0.05, 0.1) is 18.7 Å². The monoisotopic (exact) mass is 311 g/mol. The summed E-state index contributed by atoms with van der Waals surface area (Å²) in [6.45, 7) is 11.9. The van der Waals surface area contributed by atoms with E-state index in [0.717, 1.165) is 12.1 Å². The maximum atomic E-state index is 6.25. The minimum atomic E-state index is 0.100. The molecule has 0 saturated carbocycles. The molecule has 0 bridgehead atoms. The van der Waals surface area contributed by atoms with E-state index < -0.39 is 0 Å². The van der Waals surface area contributed by atoms with E-state index in [1.165, 1.54) is 5.57 Å². The zero-order valence-electron chi connectivity index (χ0n) is 13.8. The van der Waals surface area contributed by atoms with Gasteiger partial charge in [-0.15, -0.1) is 0 Å². The zero-order valence-corrected chi connectivity index (χ0v) is 14.6. The van der Waals surface area contributed by atoms with E-state index in [0.29, 0.717) is 23.1 Å². The Morgan fingerprint density at radius 2 is 2.00 bits per heavy atom. The lowest BCUT2D eigenvalue weighted by atomic mass is 10.1. The molecule has 4 heteroatoms. The van der Waals surface area contributed by atoms with Crippen molar-refractivity contribution in [3.05, 3.63) is 28.3 Å². The van der Waals surface area contributed by atoms with Gasteiger partial charge in [0, 0.05) is 12.1 Å². The van der Waals surface area contributed by atoms with E-state index in [1.54, 1.807) is 7.11 Å². The molecule has 0 fully saturated rings. The molecule has 1 N–H and O–H groups in total. The Kier molecular flexibility index (Phi) is 6.56. The highest BCUT2D eigenvalue weighted by molar-refractivity contribution is 6.32. The van der Waals surface area contributed by atoms with Gasteiger partial charge in [0.1, 0.15) is 0 Å². The minimum Gasteiger partial charge on any atom is -0.491 e. The average Bonchev–Trinajstić information content (AvgIpc) is 2.36. The van der Waals surface area contributed by atoms with Crippen molar-refractivity contribution in [1.82, 2.24) is 5.32 Å². The molecule has 0 aliphatic carbocycles. The van der Waals surface area contributed by atoms with Crippen molar-refractivity contribution in [2.45, 2.75) is 40.2 Å². The first-order valence-corrected chi connectivity index (χ1v) is 7.57. The van der Waals surface area contributed by atoms with Crippen LogP contribution in [0.15, 0.2) is 17.7 Å². The number of ether oxygens (including phenoxy) is 2. The molecule has 1 rings (SSSR count). The van der Waals surface area contributed by atoms with Crippen molar-refractivity contribution in [1.29, 1.82) is 0 Å².